The van der Waals surface area contributed by atoms with Crippen molar-refractivity contribution in [2.75, 3.05) is 20.1 Å². The van der Waals surface area contributed by atoms with E-state index in [1.54, 1.807) is 0 Å². The number of carbonyl (C=O) groups excluding carboxylic acids is 1. The fourth-order valence-corrected chi connectivity index (χ4v) is 0.422. The number of alkyl halides is 1. The largest absolute Gasteiger partial charge is 0.510 e. The molecule has 10 heavy (non-hydrogen) atoms. The highest BCUT2D eigenvalue weighted by Crippen LogP contribution is 2.05. The van der Waals surface area contributed by atoms with Crippen molar-refractivity contribution in [2.24, 2.45) is 0 Å². The molecule has 0 spiro atoms. The summed E-state index contributed by atoms with van der Waals surface area (Å²) in [4.78, 5) is 10.3. The van der Waals surface area contributed by atoms with Crippen LogP contribution in [0.5, 0.6) is 0 Å². The van der Waals surface area contributed by atoms with Crippen LogP contribution in [0.3, 0.4) is 0 Å². The number of ether oxygens (including phenoxy) is 3. The summed E-state index contributed by atoms with van der Waals surface area (Å²) in [5.41, 5.74) is 0. The molecule has 0 rings (SSSR count). The second kappa shape index (κ2) is 5.32. The van der Waals surface area contributed by atoms with Gasteiger partial charge < -0.3 is 14.2 Å². The molecule has 59 valence electrons. The van der Waals surface area contributed by atoms with Crippen LogP contribution in [-0.4, -0.2) is 26.3 Å². The van der Waals surface area contributed by atoms with Gasteiger partial charge in [-0.1, -0.05) is 0 Å². The molecule has 1 radical (unpaired) electrons. The van der Waals surface area contributed by atoms with E-state index in [-0.39, 0.29) is 12.2 Å². The first-order valence-electron chi connectivity index (χ1n) is 2.46. The summed E-state index contributed by atoms with van der Waals surface area (Å²) in [5.74, 6) is 0.00556. The van der Waals surface area contributed by atoms with Crippen molar-refractivity contribution in [2.45, 2.75) is 0 Å². The molecule has 0 saturated carbocycles. The van der Waals surface area contributed by atoms with Crippen molar-refractivity contribution in [3.8, 4) is 0 Å². The zero-order chi connectivity index (χ0) is 7.98. The molecule has 0 aliphatic rings. The molecule has 0 unspecified atom stereocenters. The Morgan fingerprint density at radius 1 is 1.40 bits per heavy atom. The van der Waals surface area contributed by atoms with Crippen LogP contribution in [0.4, 0.5) is 4.79 Å². The van der Waals surface area contributed by atoms with Crippen molar-refractivity contribution in [3.05, 3.63) is 6.29 Å². The average molecular weight is 168 g/mol. The lowest BCUT2D eigenvalue weighted by atomic mass is 10.7. The van der Waals surface area contributed by atoms with Crippen LogP contribution < -0.4 is 0 Å². The SMILES string of the molecule is CO[C](CCl)OC(=O)OC. The van der Waals surface area contributed by atoms with Gasteiger partial charge in [0.25, 0.3) is 6.29 Å². The maximum absolute atomic E-state index is 10.3. The highest BCUT2D eigenvalue weighted by atomic mass is 35.5. The molecule has 0 atom stereocenters. The molecule has 5 heteroatoms. The third kappa shape index (κ3) is 3.53. The summed E-state index contributed by atoms with van der Waals surface area (Å²) in [6.45, 7) is 0. The zero-order valence-electron chi connectivity index (χ0n) is 5.72. The minimum Gasteiger partial charge on any atom is -0.438 e. The van der Waals surface area contributed by atoms with Crippen molar-refractivity contribution in [3.63, 3.8) is 0 Å². The van der Waals surface area contributed by atoms with E-state index in [2.05, 4.69) is 14.2 Å². The summed E-state index contributed by atoms with van der Waals surface area (Å²) in [6.07, 6.45) is -0.814. The van der Waals surface area contributed by atoms with E-state index in [0.717, 1.165) is 0 Å². The third-order valence-electron chi connectivity index (χ3n) is 0.701. The summed E-state index contributed by atoms with van der Waals surface area (Å²) in [6, 6.07) is 0. The second-order valence-electron chi connectivity index (χ2n) is 1.27. The topological polar surface area (TPSA) is 44.8 Å². The van der Waals surface area contributed by atoms with Crippen LogP contribution in [0.15, 0.2) is 0 Å². The standard InChI is InChI=1S/C5H8ClO4/c1-8-4(3-6)10-5(7)9-2/h3H2,1-2H3. The lowest BCUT2D eigenvalue weighted by Crippen LogP contribution is -2.13. The van der Waals surface area contributed by atoms with Gasteiger partial charge in [-0.3, -0.25) is 0 Å². The number of rotatable bonds is 3. The Morgan fingerprint density at radius 3 is 2.30 bits per heavy atom. The predicted molar refractivity (Wildman–Crippen MR) is 34.5 cm³/mol. The van der Waals surface area contributed by atoms with Gasteiger partial charge in [0.15, 0.2) is 0 Å². The Bertz CT molecular complexity index is 102. The van der Waals surface area contributed by atoms with E-state index in [4.69, 9.17) is 11.6 Å². The molecule has 0 N–H and O–H groups in total. The summed E-state index contributed by atoms with van der Waals surface area (Å²) in [5, 5.41) is 0. The number of halogens is 1. The molecule has 0 fully saturated rings. The number of carbonyl (C=O) groups is 1. The quantitative estimate of drug-likeness (QED) is 0.467. The smallest absolute Gasteiger partial charge is 0.438 e. The van der Waals surface area contributed by atoms with E-state index in [1.165, 1.54) is 14.2 Å². The van der Waals surface area contributed by atoms with E-state index >= 15 is 0 Å². The molecule has 0 amide bonds. The van der Waals surface area contributed by atoms with Crippen molar-refractivity contribution < 1.29 is 19.0 Å². The average Bonchev–Trinajstić information content (AvgIpc) is 1.99. The van der Waals surface area contributed by atoms with Gasteiger partial charge >= 0.3 is 6.16 Å². The second-order valence-corrected chi connectivity index (χ2v) is 1.53. The van der Waals surface area contributed by atoms with E-state index in [9.17, 15) is 4.79 Å². The number of hydrogen-bond acceptors (Lipinski definition) is 4. The van der Waals surface area contributed by atoms with Crippen molar-refractivity contribution in [1.82, 2.24) is 0 Å². The lowest BCUT2D eigenvalue weighted by Gasteiger charge is -2.08. The van der Waals surface area contributed by atoms with E-state index in [1.807, 2.05) is 0 Å². The molecule has 0 aromatic heterocycles. The van der Waals surface area contributed by atoms with Crippen LogP contribution in [0.2, 0.25) is 0 Å². The number of hydrogen-bond donors (Lipinski definition) is 0. The highest BCUT2D eigenvalue weighted by Gasteiger charge is 2.13. The maximum atomic E-state index is 10.3. The molecule has 0 aromatic rings. The van der Waals surface area contributed by atoms with Crippen LogP contribution in [0.25, 0.3) is 0 Å². The van der Waals surface area contributed by atoms with Gasteiger partial charge in [-0.05, 0) is 0 Å². The molecule has 0 aliphatic heterocycles. The van der Waals surface area contributed by atoms with Gasteiger partial charge in [0, 0.05) is 7.11 Å². The summed E-state index contributed by atoms with van der Waals surface area (Å²) in [7, 11) is 2.55. The van der Waals surface area contributed by atoms with Crippen molar-refractivity contribution >= 4 is 17.8 Å². The van der Waals surface area contributed by atoms with Crippen LogP contribution in [0, 0.1) is 6.29 Å². The van der Waals surface area contributed by atoms with Crippen LogP contribution in [-0.2, 0) is 14.2 Å². The Labute approximate surface area is 64.0 Å². The van der Waals surface area contributed by atoms with Gasteiger partial charge in [0.1, 0.15) is 0 Å². The Kier molecular flexibility index (Phi) is 5.06. The zero-order valence-corrected chi connectivity index (χ0v) is 6.47. The van der Waals surface area contributed by atoms with E-state index in [0.29, 0.717) is 0 Å². The Morgan fingerprint density at radius 2 is 2.00 bits per heavy atom. The Hall–Kier alpha value is -0.480. The molecular weight excluding hydrogens is 160 g/mol. The first-order valence-corrected chi connectivity index (χ1v) is 2.99. The minimum atomic E-state index is -0.836. The highest BCUT2D eigenvalue weighted by molar-refractivity contribution is 6.18. The van der Waals surface area contributed by atoms with Gasteiger partial charge in [-0.15, -0.1) is 11.6 Å². The third-order valence-corrected chi connectivity index (χ3v) is 0.919. The van der Waals surface area contributed by atoms with Gasteiger partial charge in [-0.25, -0.2) is 4.79 Å². The van der Waals surface area contributed by atoms with Gasteiger partial charge in [0.05, 0.1) is 13.0 Å². The van der Waals surface area contributed by atoms with Crippen molar-refractivity contribution in [1.29, 1.82) is 0 Å². The molecular formula is C5H8ClO4. The van der Waals surface area contributed by atoms with Gasteiger partial charge in [0.2, 0.25) is 0 Å². The van der Waals surface area contributed by atoms with Gasteiger partial charge in [-0.2, -0.15) is 0 Å². The molecule has 0 aliphatic carbocycles. The number of methoxy groups -OCH3 is 2. The monoisotopic (exact) mass is 167 g/mol. The lowest BCUT2D eigenvalue weighted by molar-refractivity contribution is -0.00481. The maximum Gasteiger partial charge on any atom is 0.510 e. The van der Waals surface area contributed by atoms with Crippen LogP contribution in [0.1, 0.15) is 0 Å². The first kappa shape index (κ1) is 9.52. The van der Waals surface area contributed by atoms with E-state index < -0.39 is 6.16 Å². The molecule has 4 nitrogen and oxygen atoms in total. The fraction of sp³-hybridized carbons (Fsp3) is 0.600. The fourth-order valence-electron chi connectivity index (χ4n) is 0.258. The first-order chi connectivity index (χ1) is 4.74. The van der Waals surface area contributed by atoms with Crippen LogP contribution >= 0.6 is 11.6 Å². The normalized spacial score (nSPS) is 9.60. The molecule has 0 saturated heterocycles. The molecule has 0 bridgehead atoms. The summed E-state index contributed by atoms with van der Waals surface area (Å²) < 4.78 is 13.1. The molecule has 0 heterocycles. The Balaban J connectivity index is 3.52. The molecule has 0 aromatic carbocycles. The predicted octanol–water partition coefficient (Wildman–Crippen LogP) is 1.14. The summed E-state index contributed by atoms with van der Waals surface area (Å²) >= 11 is 5.27. The minimum absolute atomic E-state index is 0.00556.